The van der Waals surface area contributed by atoms with E-state index in [-0.39, 0.29) is 17.9 Å². The molecule has 1 saturated heterocycles. The highest BCUT2D eigenvalue weighted by atomic mass is 16.5. The number of aryl methyl sites for hydroxylation is 2. The third kappa shape index (κ3) is 5.34. The van der Waals surface area contributed by atoms with Gasteiger partial charge in [0, 0.05) is 11.1 Å². The summed E-state index contributed by atoms with van der Waals surface area (Å²) in [6, 6.07) is 29.4. The van der Waals surface area contributed by atoms with Crippen LogP contribution in [0.2, 0.25) is 0 Å². The summed E-state index contributed by atoms with van der Waals surface area (Å²) in [5.41, 5.74) is 4.84. The number of para-hydroxylation sites is 1. The Kier molecular flexibility index (Phi) is 7.69. The number of nitrogens with zero attached hydrogens (tertiary/aromatic N) is 1. The maximum atomic E-state index is 13.5. The molecule has 1 atom stereocenters. The molecular weight excluding hydrogens is 502 g/mol. The van der Waals surface area contributed by atoms with Crippen LogP contribution in [0, 0.1) is 13.8 Å². The largest absolute Gasteiger partial charge is 0.507 e. The van der Waals surface area contributed by atoms with Crippen LogP contribution in [0.4, 0.5) is 0 Å². The van der Waals surface area contributed by atoms with Crippen molar-refractivity contribution in [3.8, 4) is 11.5 Å². The van der Waals surface area contributed by atoms with E-state index in [9.17, 15) is 14.7 Å². The zero-order valence-corrected chi connectivity index (χ0v) is 22.8. The highest BCUT2D eigenvalue weighted by Crippen LogP contribution is 2.41. The highest BCUT2D eigenvalue weighted by Gasteiger charge is 2.46. The number of ether oxygens (including phenoxy) is 2. The number of methoxy groups -OCH3 is 1. The number of amides is 1. The van der Waals surface area contributed by atoms with E-state index in [1.807, 2.05) is 92.7 Å². The molecule has 40 heavy (non-hydrogen) atoms. The Balaban J connectivity index is 1.53. The molecule has 1 amide bonds. The maximum absolute atomic E-state index is 13.5. The normalized spacial score (nSPS) is 16.3. The lowest BCUT2D eigenvalue weighted by Gasteiger charge is -2.26. The number of ketones is 1. The Morgan fingerprint density at radius 2 is 1.60 bits per heavy atom. The Morgan fingerprint density at radius 1 is 0.850 bits per heavy atom. The quantitative estimate of drug-likeness (QED) is 0.159. The fourth-order valence-electron chi connectivity index (χ4n) is 5.10. The maximum Gasteiger partial charge on any atom is 0.295 e. The number of hydrogen-bond donors (Lipinski definition) is 1. The summed E-state index contributed by atoms with van der Waals surface area (Å²) >= 11 is 0. The third-order valence-corrected chi connectivity index (χ3v) is 7.12. The van der Waals surface area contributed by atoms with Crippen molar-refractivity contribution in [3.05, 3.63) is 136 Å². The molecular formula is C34H31NO5. The second-order valence-electron chi connectivity index (χ2n) is 9.91. The van der Waals surface area contributed by atoms with Crippen LogP contribution in [0.5, 0.6) is 11.5 Å². The van der Waals surface area contributed by atoms with Gasteiger partial charge in [0.1, 0.15) is 23.9 Å². The first-order valence-electron chi connectivity index (χ1n) is 13.1. The lowest BCUT2D eigenvalue weighted by Crippen LogP contribution is -2.29. The van der Waals surface area contributed by atoms with Crippen molar-refractivity contribution in [1.82, 2.24) is 4.90 Å². The van der Waals surface area contributed by atoms with Crippen molar-refractivity contribution in [2.45, 2.75) is 33.0 Å². The molecule has 5 rings (SSSR count). The fourth-order valence-corrected chi connectivity index (χ4v) is 5.10. The molecule has 0 saturated carbocycles. The van der Waals surface area contributed by atoms with E-state index < -0.39 is 17.7 Å². The summed E-state index contributed by atoms with van der Waals surface area (Å²) in [5.74, 6) is -0.314. The van der Waals surface area contributed by atoms with Gasteiger partial charge in [-0.2, -0.15) is 0 Å². The Hall–Kier alpha value is -4.84. The van der Waals surface area contributed by atoms with Gasteiger partial charge in [-0.1, -0.05) is 78.4 Å². The van der Waals surface area contributed by atoms with E-state index in [1.165, 1.54) is 4.90 Å². The van der Waals surface area contributed by atoms with E-state index in [0.717, 1.165) is 27.8 Å². The number of aliphatic hydroxyl groups is 1. The van der Waals surface area contributed by atoms with E-state index >= 15 is 0 Å². The first-order valence-corrected chi connectivity index (χ1v) is 13.1. The fraction of sp³-hybridized carbons (Fsp3) is 0.176. The van der Waals surface area contributed by atoms with Crippen LogP contribution in [0.15, 0.2) is 103 Å². The van der Waals surface area contributed by atoms with Crippen LogP contribution in [-0.2, 0) is 22.7 Å². The van der Waals surface area contributed by atoms with E-state index in [2.05, 4.69) is 0 Å². The van der Waals surface area contributed by atoms with Gasteiger partial charge in [0.25, 0.3) is 11.7 Å². The number of aliphatic hydroxyl groups excluding tert-OH is 1. The van der Waals surface area contributed by atoms with Gasteiger partial charge in [-0.25, -0.2) is 0 Å². The predicted molar refractivity (Wildman–Crippen MR) is 154 cm³/mol. The molecule has 1 N–H and O–H groups in total. The molecule has 6 nitrogen and oxygen atoms in total. The molecule has 1 aliphatic heterocycles. The first-order chi connectivity index (χ1) is 19.4. The molecule has 1 aliphatic rings. The van der Waals surface area contributed by atoms with Crippen LogP contribution in [0.25, 0.3) is 5.76 Å². The van der Waals surface area contributed by atoms with Gasteiger partial charge in [0.15, 0.2) is 0 Å². The number of carbonyl (C=O) groups excluding carboxylic acids is 2. The average molecular weight is 534 g/mol. The Bertz CT molecular complexity index is 1590. The monoisotopic (exact) mass is 533 g/mol. The van der Waals surface area contributed by atoms with E-state index in [0.29, 0.717) is 23.7 Å². The third-order valence-electron chi connectivity index (χ3n) is 7.12. The molecule has 4 aromatic carbocycles. The molecule has 1 fully saturated rings. The van der Waals surface area contributed by atoms with Crippen LogP contribution in [0.3, 0.4) is 0 Å². The minimum Gasteiger partial charge on any atom is -0.507 e. The average Bonchev–Trinajstić information content (AvgIpc) is 3.22. The summed E-state index contributed by atoms with van der Waals surface area (Å²) in [5, 5.41) is 11.5. The lowest BCUT2D eigenvalue weighted by atomic mass is 9.94. The Morgan fingerprint density at radius 3 is 2.33 bits per heavy atom. The standard InChI is InChI=1S/C34H31NO5/c1-22-10-9-14-25(18-22)31-30(33(37)34(38)35(31)20-27-13-7-8-15-29(27)39-3)32(36)26-16-17-28(23(2)19-26)40-21-24-11-5-4-6-12-24/h4-19,31,36H,20-21H2,1-3H3/b32-30-. The van der Waals surface area contributed by atoms with Crippen molar-refractivity contribution >= 4 is 17.4 Å². The summed E-state index contributed by atoms with van der Waals surface area (Å²) < 4.78 is 11.5. The smallest absolute Gasteiger partial charge is 0.295 e. The minimum atomic E-state index is -0.765. The first kappa shape index (κ1) is 26.8. The molecule has 6 heteroatoms. The van der Waals surface area contributed by atoms with Crippen molar-refractivity contribution in [3.63, 3.8) is 0 Å². The number of benzene rings is 4. The Labute approximate surface area is 234 Å². The second-order valence-corrected chi connectivity index (χ2v) is 9.91. The van der Waals surface area contributed by atoms with Gasteiger partial charge < -0.3 is 19.5 Å². The van der Waals surface area contributed by atoms with E-state index in [4.69, 9.17) is 9.47 Å². The SMILES string of the molecule is COc1ccccc1CN1C(=O)C(=O)/C(=C(\O)c2ccc(OCc3ccccc3)c(C)c2)C1c1cccc(C)c1. The molecule has 0 radical (unpaired) electrons. The summed E-state index contributed by atoms with van der Waals surface area (Å²) in [6.07, 6.45) is 0. The predicted octanol–water partition coefficient (Wildman–Crippen LogP) is 6.51. The van der Waals surface area contributed by atoms with Crippen molar-refractivity contribution in [2.24, 2.45) is 0 Å². The highest BCUT2D eigenvalue weighted by molar-refractivity contribution is 6.46. The summed E-state index contributed by atoms with van der Waals surface area (Å²) in [7, 11) is 1.57. The van der Waals surface area contributed by atoms with Gasteiger partial charge in [0.2, 0.25) is 0 Å². The molecule has 4 aromatic rings. The minimum absolute atomic E-state index is 0.0582. The molecule has 0 aromatic heterocycles. The molecule has 0 bridgehead atoms. The number of hydrogen-bond acceptors (Lipinski definition) is 5. The van der Waals surface area contributed by atoms with Gasteiger partial charge in [-0.3, -0.25) is 9.59 Å². The molecule has 1 heterocycles. The molecule has 0 spiro atoms. The number of Topliss-reactive ketones (excluding diaryl/α,β-unsaturated/α-hetero) is 1. The second kappa shape index (κ2) is 11.5. The van der Waals surface area contributed by atoms with Crippen LogP contribution in [0.1, 0.15) is 39.4 Å². The molecule has 1 unspecified atom stereocenters. The number of carbonyl (C=O) groups is 2. The van der Waals surface area contributed by atoms with Crippen LogP contribution in [-0.4, -0.2) is 28.8 Å². The zero-order valence-electron chi connectivity index (χ0n) is 22.8. The van der Waals surface area contributed by atoms with E-state index in [1.54, 1.807) is 25.3 Å². The van der Waals surface area contributed by atoms with Crippen molar-refractivity contribution in [2.75, 3.05) is 7.11 Å². The number of rotatable bonds is 8. The van der Waals surface area contributed by atoms with Gasteiger partial charge in [-0.05, 0) is 54.8 Å². The summed E-state index contributed by atoms with van der Waals surface area (Å²) in [4.78, 5) is 28.4. The van der Waals surface area contributed by atoms with Crippen molar-refractivity contribution < 1.29 is 24.2 Å². The zero-order chi connectivity index (χ0) is 28.2. The van der Waals surface area contributed by atoms with Crippen LogP contribution < -0.4 is 9.47 Å². The lowest BCUT2D eigenvalue weighted by molar-refractivity contribution is -0.140. The number of likely N-dealkylation sites (tertiary alicyclic amines) is 1. The topological polar surface area (TPSA) is 76.1 Å². The van der Waals surface area contributed by atoms with Gasteiger partial charge in [-0.15, -0.1) is 0 Å². The van der Waals surface area contributed by atoms with Gasteiger partial charge >= 0.3 is 0 Å². The molecule has 202 valence electrons. The van der Waals surface area contributed by atoms with Gasteiger partial charge in [0.05, 0.1) is 25.3 Å². The van der Waals surface area contributed by atoms with Crippen LogP contribution >= 0.6 is 0 Å². The summed E-state index contributed by atoms with van der Waals surface area (Å²) in [6.45, 7) is 4.40. The molecule has 0 aliphatic carbocycles. The van der Waals surface area contributed by atoms with Crippen molar-refractivity contribution in [1.29, 1.82) is 0 Å².